The summed E-state index contributed by atoms with van der Waals surface area (Å²) in [5, 5.41) is 11.9. The molecule has 0 bridgehead atoms. The van der Waals surface area contributed by atoms with Crippen LogP contribution in [0.25, 0.3) is 0 Å². The summed E-state index contributed by atoms with van der Waals surface area (Å²) in [5.41, 5.74) is 0.363. The maximum absolute atomic E-state index is 11.9. The fourth-order valence-corrected chi connectivity index (χ4v) is 1.80. The van der Waals surface area contributed by atoms with E-state index in [0.29, 0.717) is 10.6 Å². The molecule has 0 aliphatic carbocycles. The van der Waals surface area contributed by atoms with Gasteiger partial charge < -0.3 is 5.32 Å². The van der Waals surface area contributed by atoms with Crippen LogP contribution in [0.4, 0.5) is 0 Å². The van der Waals surface area contributed by atoms with E-state index in [1.54, 1.807) is 18.2 Å². The van der Waals surface area contributed by atoms with Gasteiger partial charge in [0.1, 0.15) is 6.04 Å². The van der Waals surface area contributed by atoms with E-state index in [-0.39, 0.29) is 11.8 Å². The van der Waals surface area contributed by atoms with Gasteiger partial charge in [-0.1, -0.05) is 41.4 Å². The van der Waals surface area contributed by atoms with Gasteiger partial charge in [-0.2, -0.15) is 5.26 Å². The third kappa shape index (κ3) is 3.72. The third-order valence-electron chi connectivity index (χ3n) is 2.27. The number of hydrogen-bond acceptors (Lipinski definition) is 2. The van der Waals surface area contributed by atoms with Crippen LogP contribution in [0.1, 0.15) is 24.2 Å². The molecule has 0 aliphatic heterocycles. The number of nitrogens with zero attached hydrogens (tertiary/aromatic N) is 1. The summed E-state index contributed by atoms with van der Waals surface area (Å²) in [6.07, 6.45) is 0. The Bertz CT molecular complexity index is 468. The van der Waals surface area contributed by atoms with Crippen molar-refractivity contribution in [2.75, 3.05) is 0 Å². The number of rotatable bonds is 3. The van der Waals surface area contributed by atoms with Crippen LogP contribution in [-0.4, -0.2) is 11.9 Å². The van der Waals surface area contributed by atoms with Gasteiger partial charge in [0.2, 0.25) is 0 Å². The van der Waals surface area contributed by atoms with Crippen molar-refractivity contribution in [3.05, 3.63) is 33.3 Å². The number of carbonyl (C=O) groups excluding carboxylic acids is 1. The molecule has 1 aromatic rings. The first-order chi connectivity index (χ1) is 7.95. The van der Waals surface area contributed by atoms with Crippen molar-refractivity contribution in [1.29, 1.82) is 5.26 Å². The molecule has 0 aromatic heterocycles. The maximum Gasteiger partial charge on any atom is 0.253 e. The lowest BCUT2D eigenvalue weighted by molar-refractivity contribution is 0.0937. The van der Waals surface area contributed by atoms with Gasteiger partial charge in [0.15, 0.2) is 0 Å². The van der Waals surface area contributed by atoms with Crippen LogP contribution in [0.2, 0.25) is 5.02 Å². The molecule has 1 amide bonds. The first-order valence-electron chi connectivity index (χ1n) is 5.11. The summed E-state index contributed by atoms with van der Waals surface area (Å²) in [6.45, 7) is 3.74. The largest absolute Gasteiger partial charge is 0.336 e. The molecule has 5 heteroatoms. The van der Waals surface area contributed by atoms with Gasteiger partial charge in [0.25, 0.3) is 5.91 Å². The predicted octanol–water partition coefficient (Wildman–Crippen LogP) is 3.38. The minimum absolute atomic E-state index is 0.0508. The van der Waals surface area contributed by atoms with Crippen molar-refractivity contribution in [3.8, 4) is 6.07 Å². The highest BCUT2D eigenvalue weighted by Crippen LogP contribution is 2.21. The first-order valence-corrected chi connectivity index (χ1v) is 6.28. The summed E-state index contributed by atoms with van der Waals surface area (Å²) < 4.78 is 0.769. The molecule has 1 rings (SSSR count). The standard InChI is InChI=1S/C12H12BrClN2O/c1-7(2)11(6-15)16-12(17)9-5-8(13)3-4-10(9)14/h3-5,7,11H,1-2H3,(H,16,17). The highest BCUT2D eigenvalue weighted by molar-refractivity contribution is 9.10. The Kier molecular flexibility index (Phi) is 4.98. The lowest BCUT2D eigenvalue weighted by Crippen LogP contribution is -2.37. The molecule has 0 saturated heterocycles. The minimum atomic E-state index is -0.516. The Morgan fingerprint density at radius 2 is 2.18 bits per heavy atom. The van der Waals surface area contributed by atoms with Gasteiger partial charge >= 0.3 is 0 Å². The molecule has 0 heterocycles. The predicted molar refractivity (Wildman–Crippen MR) is 70.9 cm³/mol. The van der Waals surface area contributed by atoms with Gasteiger partial charge in [-0.15, -0.1) is 0 Å². The van der Waals surface area contributed by atoms with Crippen LogP contribution >= 0.6 is 27.5 Å². The molecule has 1 N–H and O–H groups in total. The number of amides is 1. The van der Waals surface area contributed by atoms with Crippen LogP contribution in [-0.2, 0) is 0 Å². The zero-order valence-corrected chi connectivity index (χ0v) is 11.8. The highest BCUT2D eigenvalue weighted by atomic mass is 79.9. The van der Waals surface area contributed by atoms with E-state index in [0.717, 1.165) is 4.47 Å². The molecule has 1 atom stereocenters. The van der Waals surface area contributed by atoms with E-state index in [1.807, 2.05) is 19.9 Å². The average molecular weight is 316 g/mol. The molecule has 0 radical (unpaired) electrons. The molecule has 0 aliphatic rings. The van der Waals surface area contributed by atoms with Crippen LogP contribution in [0, 0.1) is 17.2 Å². The van der Waals surface area contributed by atoms with Crippen molar-refractivity contribution < 1.29 is 4.79 Å². The zero-order valence-electron chi connectivity index (χ0n) is 9.50. The summed E-state index contributed by atoms with van der Waals surface area (Å²) >= 11 is 9.21. The van der Waals surface area contributed by atoms with Crippen LogP contribution in [0.3, 0.4) is 0 Å². The average Bonchev–Trinajstić information content (AvgIpc) is 2.28. The van der Waals surface area contributed by atoms with Crippen molar-refractivity contribution in [2.24, 2.45) is 5.92 Å². The van der Waals surface area contributed by atoms with Crippen LogP contribution in [0.15, 0.2) is 22.7 Å². The maximum atomic E-state index is 11.9. The number of nitrogens with one attached hydrogen (secondary N) is 1. The van der Waals surface area contributed by atoms with E-state index in [1.165, 1.54) is 0 Å². The lowest BCUT2D eigenvalue weighted by atomic mass is 10.1. The molecule has 0 spiro atoms. The monoisotopic (exact) mass is 314 g/mol. The Balaban J connectivity index is 2.90. The third-order valence-corrected chi connectivity index (χ3v) is 3.09. The van der Waals surface area contributed by atoms with Gasteiger partial charge in [-0.3, -0.25) is 4.79 Å². The number of benzene rings is 1. The summed E-state index contributed by atoms with van der Waals surface area (Å²) in [6, 6.07) is 6.55. The van der Waals surface area contributed by atoms with Crippen molar-refractivity contribution in [1.82, 2.24) is 5.32 Å². The van der Waals surface area contributed by atoms with Gasteiger partial charge in [0.05, 0.1) is 16.7 Å². The van der Waals surface area contributed by atoms with E-state index in [4.69, 9.17) is 16.9 Å². The number of halogens is 2. The topological polar surface area (TPSA) is 52.9 Å². The SMILES string of the molecule is CC(C)C(C#N)NC(=O)c1cc(Br)ccc1Cl. The molecule has 1 aromatic carbocycles. The number of carbonyl (C=O) groups is 1. The smallest absolute Gasteiger partial charge is 0.253 e. The highest BCUT2D eigenvalue weighted by Gasteiger charge is 2.18. The Hall–Kier alpha value is -1.05. The second kappa shape index (κ2) is 6.04. The molecular formula is C12H12BrClN2O. The molecule has 17 heavy (non-hydrogen) atoms. The van der Waals surface area contributed by atoms with E-state index in [2.05, 4.69) is 21.2 Å². The van der Waals surface area contributed by atoms with Crippen molar-refractivity contribution in [3.63, 3.8) is 0 Å². The summed E-state index contributed by atoms with van der Waals surface area (Å²) in [5.74, 6) is -0.286. The Labute approximate surface area is 114 Å². The van der Waals surface area contributed by atoms with E-state index in [9.17, 15) is 4.79 Å². The molecular weight excluding hydrogens is 304 g/mol. The van der Waals surface area contributed by atoms with Gasteiger partial charge in [0, 0.05) is 4.47 Å². The van der Waals surface area contributed by atoms with Gasteiger partial charge in [-0.25, -0.2) is 0 Å². The van der Waals surface area contributed by atoms with E-state index >= 15 is 0 Å². The fraction of sp³-hybridized carbons (Fsp3) is 0.333. The molecule has 1 unspecified atom stereocenters. The normalized spacial score (nSPS) is 12.0. The zero-order chi connectivity index (χ0) is 13.0. The Morgan fingerprint density at radius 3 is 2.71 bits per heavy atom. The summed E-state index contributed by atoms with van der Waals surface area (Å²) in [7, 11) is 0. The van der Waals surface area contributed by atoms with E-state index < -0.39 is 6.04 Å². The van der Waals surface area contributed by atoms with Crippen LogP contribution < -0.4 is 5.32 Å². The quantitative estimate of drug-likeness (QED) is 0.929. The molecule has 90 valence electrons. The lowest BCUT2D eigenvalue weighted by Gasteiger charge is -2.15. The molecule has 0 saturated carbocycles. The molecule has 3 nitrogen and oxygen atoms in total. The fourth-order valence-electron chi connectivity index (χ4n) is 1.24. The summed E-state index contributed by atoms with van der Waals surface area (Å²) in [4.78, 5) is 11.9. The second-order valence-electron chi connectivity index (χ2n) is 3.95. The number of nitriles is 1. The van der Waals surface area contributed by atoms with Crippen molar-refractivity contribution >= 4 is 33.4 Å². The van der Waals surface area contributed by atoms with Crippen molar-refractivity contribution in [2.45, 2.75) is 19.9 Å². The molecule has 0 fully saturated rings. The Morgan fingerprint density at radius 1 is 1.53 bits per heavy atom. The number of hydrogen-bond donors (Lipinski definition) is 1. The first kappa shape index (κ1) is 14.0. The van der Waals surface area contributed by atoms with Gasteiger partial charge in [-0.05, 0) is 24.1 Å². The van der Waals surface area contributed by atoms with Crippen LogP contribution in [0.5, 0.6) is 0 Å². The minimum Gasteiger partial charge on any atom is -0.336 e. The second-order valence-corrected chi connectivity index (χ2v) is 5.27.